The van der Waals surface area contributed by atoms with Gasteiger partial charge in [-0.25, -0.2) is 0 Å². The summed E-state index contributed by atoms with van der Waals surface area (Å²) in [5.74, 6) is -0.156. The minimum atomic E-state index is -0.156. The lowest BCUT2D eigenvalue weighted by Crippen LogP contribution is -2.15. The Labute approximate surface area is 232 Å². The molecule has 0 fully saturated rings. The van der Waals surface area contributed by atoms with Crippen LogP contribution in [-0.2, 0) is 4.79 Å². The highest BCUT2D eigenvalue weighted by molar-refractivity contribution is 8.93. The maximum absolute atomic E-state index is 10.6. The third kappa shape index (κ3) is 44.1. The van der Waals surface area contributed by atoms with Crippen molar-refractivity contribution in [2.75, 3.05) is 13.1 Å². The van der Waals surface area contributed by atoms with Crippen LogP contribution in [0.25, 0.3) is 0 Å². The Hall–Kier alpha value is -0.350. The van der Waals surface area contributed by atoms with Crippen molar-refractivity contribution >= 4 is 22.9 Å². The molecule has 0 saturated carbocycles. The quantitative estimate of drug-likeness (QED) is 0.0815. The van der Waals surface area contributed by atoms with Gasteiger partial charge in [0.05, 0.1) is 0 Å². The second kappa shape index (κ2) is 38.2. The Balaban J connectivity index is -0.000000784. The highest BCUT2D eigenvalue weighted by atomic mass is 79.9. The molecule has 0 bridgehead atoms. The fraction of sp³-hybridized carbons (Fsp3) is 0.903. The first-order valence-electron chi connectivity index (χ1n) is 15.3. The van der Waals surface area contributed by atoms with Crippen LogP contribution in [0.3, 0.4) is 0 Å². The van der Waals surface area contributed by atoms with Crippen molar-refractivity contribution in [2.24, 2.45) is 5.73 Å². The summed E-state index contributed by atoms with van der Waals surface area (Å²) in [4.78, 5) is 10.6. The third-order valence-corrected chi connectivity index (χ3v) is 6.32. The van der Waals surface area contributed by atoms with Crippen LogP contribution < -0.4 is 11.1 Å². The lowest BCUT2D eigenvalue weighted by atomic mass is 10.1. The Morgan fingerprint density at radius 2 is 0.943 bits per heavy atom. The summed E-state index contributed by atoms with van der Waals surface area (Å²) in [7, 11) is 0. The van der Waals surface area contributed by atoms with E-state index in [2.05, 4.69) is 38.2 Å². The highest BCUT2D eigenvalue weighted by Crippen LogP contribution is 2.12. The summed E-state index contributed by atoms with van der Waals surface area (Å²) >= 11 is 0. The van der Waals surface area contributed by atoms with Crippen LogP contribution in [0, 0.1) is 0 Å². The number of hydrogen-bond acceptors (Lipinski definition) is 2. The number of nitrogens with two attached hydrogens (primary N) is 1. The molecule has 0 aromatic heterocycles. The summed E-state index contributed by atoms with van der Waals surface area (Å²) < 4.78 is 0. The van der Waals surface area contributed by atoms with E-state index in [4.69, 9.17) is 5.73 Å². The molecular formula is C31H65BrN2O. The number of amides is 1. The zero-order valence-corrected chi connectivity index (χ0v) is 25.9. The Kier molecular flexibility index (Phi) is 42.7. The molecule has 0 spiro atoms. The van der Waals surface area contributed by atoms with Gasteiger partial charge in [0.1, 0.15) is 0 Å². The SMILES string of the molecule is Br.CCCCCCCC/C=C\CCCCCCCCCCCC(N)=O.CCCCCCNCCC. The number of hydrogen-bond donors (Lipinski definition) is 2. The van der Waals surface area contributed by atoms with Gasteiger partial charge in [0, 0.05) is 6.42 Å². The second-order valence-electron chi connectivity index (χ2n) is 10.0. The normalized spacial score (nSPS) is 10.7. The van der Waals surface area contributed by atoms with E-state index in [9.17, 15) is 4.79 Å². The summed E-state index contributed by atoms with van der Waals surface area (Å²) in [5, 5.41) is 3.39. The molecule has 0 saturated heterocycles. The van der Waals surface area contributed by atoms with Crippen LogP contribution in [0.2, 0.25) is 0 Å². The third-order valence-electron chi connectivity index (χ3n) is 6.32. The van der Waals surface area contributed by atoms with Crippen LogP contribution in [0.1, 0.15) is 168 Å². The van der Waals surface area contributed by atoms with Gasteiger partial charge >= 0.3 is 0 Å². The number of nitrogens with one attached hydrogen (secondary N) is 1. The summed E-state index contributed by atoms with van der Waals surface area (Å²) in [6, 6.07) is 0. The van der Waals surface area contributed by atoms with Gasteiger partial charge in [-0.15, -0.1) is 17.0 Å². The number of carbonyl (C=O) groups is 1. The number of unbranched alkanes of at least 4 members (excludes halogenated alkanes) is 18. The van der Waals surface area contributed by atoms with Gasteiger partial charge < -0.3 is 11.1 Å². The van der Waals surface area contributed by atoms with Gasteiger partial charge in [0.15, 0.2) is 0 Å². The average Bonchev–Trinajstić information content (AvgIpc) is 2.83. The van der Waals surface area contributed by atoms with Crippen molar-refractivity contribution in [3.8, 4) is 0 Å². The maximum Gasteiger partial charge on any atom is 0.217 e. The van der Waals surface area contributed by atoms with Crippen molar-refractivity contribution < 1.29 is 4.79 Å². The molecule has 0 aliphatic heterocycles. The van der Waals surface area contributed by atoms with Gasteiger partial charge in [-0.3, -0.25) is 4.79 Å². The number of carbonyl (C=O) groups excluding carboxylic acids is 1. The predicted molar refractivity (Wildman–Crippen MR) is 165 cm³/mol. The highest BCUT2D eigenvalue weighted by Gasteiger charge is 1.95. The summed E-state index contributed by atoms with van der Waals surface area (Å²) in [6.45, 7) is 9.14. The molecule has 0 aliphatic carbocycles. The molecule has 0 aromatic rings. The Morgan fingerprint density at radius 3 is 1.37 bits per heavy atom. The molecule has 0 heterocycles. The number of halogens is 1. The molecule has 0 unspecified atom stereocenters. The van der Waals surface area contributed by atoms with E-state index >= 15 is 0 Å². The Morgan fingerprint density at radius 1 is 0.543 bits per heavy atom. The van der Waals surface area contributed by atoms with E-state index in [0.717, 1.165) is 12.8 Å². The van der Waals surface area contributed by atoms with E-state index in [-0.39, 0.29) is 22.9 Å². The monoisotopic (exact) mass is 560 g/mol. The first-order chi connectivity index (χ1) is 16.7. The minimum absolute atomic E-state index is 0. The minimum Gasteiger partial charge on any atom is -0.370 e. The first-order valence-corrected chi connectivity index (χ1v) is 15.3. The van der Waals surface area contributed by atoms with Crippen LogP contribution in [0.5, 0.6) is 0 Å². The van der Waals surface area contributed by atoms with E-state index in [1.54, 1.807) is 0 Å². The van der Waals surface area contributed by atoms with Crippen LogP contribution in [0.15, 0.2) is 12.2 Å². The van der Waals surface area contributed by atoms with Crippen molar-refractivity contribution in [3.05, 3.63) is 12.2 Å². The molecule has 0 radical (unpaired) electrons. The van der Waals surface area contributed by atoms with Crippen molar-refractivity contribution in [1.29, 1.82) is 0 Å². The fourth-order valence-corrected chi connectivity index (χ4v) is 4.06. The fourth-order valence-electron chi connectivity index (χ4n) is 4.06. The molecule has 3 nitrogen and oxygen atoms in total. The van der Waals surface area contributed by atoms with E-state index in [0.29, 0.717) is 6.42 Å². The first kappa shape index (κ1) is 39.2. The van der Waals surface area contributed by atoms with E-state index in [1.165, 1.54) is 142 Å². The van der Waals surface area contributed by atoms with Gasteiger partial charge in [-0.2, -0.15) is 0 Å². The molecule has 4 heteroatoms. The lowest BCUT2D eigenvalue weighted by Gasteiger charge is -2.01. The van der Waals surface area contributed by atoms with Crippen LogP contribution in [0.4, 0.5) is 0 Å². The second-order valence-corrected chi connectivity index (χ2v) is 10.0. The average molecular weight is 562 g/mol. The zero-order chi connectivity index (χ0) is 25.4. The number of allylic oxidation sites excluding steroid dienone is 2. The molecule has 0 aliphatic rings. The maximum atomic E-state index is 10.6. The zero-order valence-electron chi connectivity index (χ0n) is 24.2. The van der Waals surface area contributed by atoms with E-state index in [1.807, 2.05) is 0 Å². The molecule has 1 amide bonds. The van der Waals surface area contributed by atoms with Gasteiger partial charge in [-0.05, 0) is 58.0 Å². The van der Waals surface area contributed by atoms with Crippen molar-refractivity contribution in [2.45, 2.75) is 168 Å². The van der Waals surface area contributed by atoms with Crippen LogP contribution in [-0.4, -0.2) is 19.0 Å². The number of primary amides is 1. The van der Waals surface area contributed by atoms with Gasteiger partial charge in [0.25, 0.3) is 0 Å². The standard InChI is InChI=1S/C22H43NO.C9H21N.BrH/c1-2-3-4-5-6-7-8-9-10-11-12-13-14-15-16-17-18-19-20-21-22(23)24;1-3-5-6-7-9-10-8-4-2;/h9-10H,2-8,11-21H2,1H3,(H2,23,24);10H,3-9H2,1-2H3;1H/b10-9-;;. The van der Waals surface area contributed by atoms with Crippen molar-refractivity contribution in [1.82, 2.24) is 5.32 Å². The smallest absolute Gasteiger partial charge is 0.217 e. The Bertz CT molecular complexity index is 393. The molecule has 3 N–H and O–H groups in total. The summed E-state index contributed by atoms with van der Waals surface area (Å²) in [6.07, 6.45) is 34.6. The lowest BCUT2D eigenvalue weighted by molar-refractivity contribution is -0.118. The number of rotatable bonds is 26. The van der Waals surface area contributed by atoms with Crippen molar-refractivity contribution in [3.63, 3.8) is 0 Å². The van der Waals surface area contributed by atoms with Crippen LogP contribution >= 0.6 is 17.0 Å². The largest absolute Gasteiger partial charge is 0.370 e. The van der Waals surface area contributed by atoms with Gasteiger partial charge in [-0.1, -0.05) is 129 Å². The van der Waals surface area contributed by atoms with E-state index < -0.39 is 0 Å². The molecule has 0 rings (SSSR count). The molecule has 212 valence electrons. The summed E-state index contributed by atoms with van der Waals surface area (Å²) in [5.41, 5.74) is 5.13. The molecule has 0 aromatic carbocycles. The molecule has 35 heavy (non-hydrogen) atoms. The van der Waals surface area contributed by atoms with Gasteiger partial charge in [0.2, 0.25) is 5.91 Å². The topological polar surface area (TPSA) is 55.1 Å². The molecule has 0 atom stereocenters. The predicted octanol–water partition coefficient (Wildman–Crippen LogP) is 10.2. The molecular weight excluding hydrogens is 496 g/mol.